The predicted octanol–water partition coefficient (Wildman–Crippen LogP) is 3.94. The molecule has 0 radical (unpaired) electrons. The number of benzene rings is 3. The molecule has 0 unspecified atom stereocenters. The van der Waals surface area contributed by atoms with Crippen molar-refractivity contribution < 1.29 is 14.6 Å². The molecular formula is C32H30ClN3O4. The number of aliphatic hydroxyl groups is 1. The van der Waals surface area contributed by atoms with Crippen LogP contribution >= 0.6 is 11.6 Å². The van der Waals surface area contributed by atoms with Crippen LogP contribution in [0.3, 0.4) is 0 Å². The van der Waals surface area contributed by atoms with Gasteiger partial charge in [0.1, 0.15) is 12.2 Å². The fourth-order valence-corrected chi connectivity index (χ4v) is 4.91. The second-order valence-electron chi connectivity index (χ2n) is 9.65. The minimum Gasteiger partial charge on any atom is -0.384 e. The molecular weight excluding hydrogens is 526 g/mol. The Morgan fingerprint density at radius 3 is 2.52 bits per heavy atom. The Balaban J connectivity index is 1.54. The van der Waals surface area contributed by atoms with Gasteiger partial charge in [-0.1, -0.05) is 53.8 Å². The maximum atomic E-state index is 13.7. The number of ether oxygens (including phenoxy) is 1. The zero-order chi connectivity index (χ0) is 27.9. The van der Waals surface area contributed by atoms with Crippen molar-refractivity contribution in [3.63, 3.8) is 0 Å². The van der Waals surface area contributed by atoms with Gasteiger partial charge >= 0.3 is 0 Å². The fraction of sp³-hybridized carbons (Fsp3) is 0.250. The number of rotatable bonds is 7. The van der Waals surface area contributed by atoms with Crippen LogP contribution in [-0.4, -0.2) is 53.4 Å². The molecule has 7 nitrogen and oxygen atoms in total. The first-order valence-corrected chi connectivity index (χ1v) is 13.6. The summed E-state index contributed by atoms with van der Waals surface area (Å²) in [5.74, 6) is 5.17. The summed E-state index contributed by atoms with van der Waals surface area (Å²) in [4.78, 5) is 29.4. The van der Waals surface area contributed by atoms with Crippen molar-refractivity contribution in [1.29, 1.82) is 0 Å². The van der Waals surface area contributed by atoms with E-state index in [-0.39, 0.29) is 24.1 Å². The largest absolute Gasteiger partial charge is 0.384 e. The number of carbonyl (C=O) groups is 1. The number of halogens is 1. The van der Waals surface area contributed by atoms with Gasteiger partial charge in [0.25, 0.3) is 5.91 Å². The first-order valence-electron chi connectivity index (χ1n) is 13.2. The number of hydrogen-bond donors (Lipinski definition) is 2. The molecule has 0 bridgehead atoms. The third-order valence-electron chi connectivity index (χ3n) is 6.87. The molecule has 1 amide bonds. The number of hydrogen-bond acceptors (Lipinski definition) is 5. The summed E-state index contributed by atoms with van der Waals surface area (Å²) in [5, 5.41) is 13.0. The first kappa shape index (κ1) is 27.6. The van der Waals surface area contributed by atoms with E-state index in [1.807, 2.05) is 59.2 Å². The minimum absolute atomic E-state index is 0.0652. The van der Waals surface area contributed by atoms with Crippen LogP contribution in [0.5, 0.6) is 0 Å². The van der Waals surface area contributed by atoms with E-state index in [0.717, 1.165) is 35.5 Å². The van der Waals surface area contributed by atoms with Crippen molar-refractivity contribution in [2.45, 2.75) is 19.5 Å². The summed E-state index contributed by atoms with van der Waals surface area (Å²) >= 11 is 5.98. The molecule has 2 N–H and O–H groups in total. The van der Waals surface area contributed by atoms with E-state index in [2.05, 4.69) is 22.1 Å². The molecule has 8 heteroatoms. The number of nitrogens with one attached hydrogen (secondary N) is 1. The van der Waals surface area contributed by atoms with Crippen LogP contribution in [0.15, 0.2) is 77.7 Å². The maximum absolute atomic E-state index is 13.7. The molecule has 40 heavy (non-hydrogen) atoms. The van der Waals surface area contributed by atoms with Crippen LogP contribution in [0.25, 0.3) is 16.6 Å². The van der Waals surface area contributed by atoms with Crippen LogP contribution in [0.1, 0.15) is 27.0 Å². The van der Waals surface area contributed by atoms with Gasteiger partial charge in [-0.25, -0.2) is 0 Å². The number of amides is 1. The van der Waals surface area contributed by atoms with Crippen LogP contribution < -0.4 is 10.7 Å². The van der Waals surface area contributed by atoms with Crippen molar-refractivity contribution in [3.8, 4) is 17.5 Å². The van der Waals surface area contributed by atoms with Gasteiger partial charge in [0.2, 0.25) is 5.43 Å². The van der Waals surface area contributed by atoms with Crippen LogP contribution in [0, 0.1) is 11.8 Å². The Morgan fingerprint density at radius 1 is 0.975 bits per heavy atom. The molecule has 1 saturated heterocycles. The van der Waals surface area contributed by atoms with Gasteiger partial charge in [-0.2, -0.15) is 0 Å². The fourth-order valence-electron chi connectivity index (χ4n) is 4.79. The molecule has 0 atom stereocenters. The SMILES string of the molecule is O=C(NCc1ccc(Cl)cc1)c1cn(-c2cccc(CC#CCO)c2)c2ccc(CN3CCOCC3)cc2c1=O. The summed E-state index contributed by atoms with van der Waals surface area (Å²) in [6.07, 6.45) is 2.09. The predicted molar refractivity (Wildman–Crippen MR) is 157 cm³/mol. The normalized spacial score (nSPS) is 13.6. The zero-order valence-corrected chi connectivity index (χ0v) is 22.8. The molecule has 2 heterocycles. The van der Waals surface area contributed by atoms with E-state index in [9.17, 15) is 9.59 Å². The number of fused-ring (bicyclic) bond motifs is 1. The number of aliphatic hydroxyl groups excluding tert-OH is 1. The average molecular weight is 556 g/mol. The summed E-state index contributed by atoms with van der Waals surface area (Å²) in [6.45, 7) is 3.83. The van der Waals surface area contributed by atoms with E-state index < -0.39 is 5.91 Å². The van der Waals surface area contributed by atoms with Crippen molar-refractivity contribution in [3.05, 3.63) is 110 Å². The Kier molecular flexibility index (Phi) is 8.94. The molecule has 4 aromatic rings. The number of pyridine rings is 1. The zero-order valence-electron chi connectivity index (χ0n) is 22.0. The van der Waals surface area contributed by atoms with Gasteiger partial charge in [0.15, 0.2) is 0 Å². The number of carbonyl (C=O) groups excluding carboxylic acids is 1. The smallest absolute Gasteiger partial charge is 0.257 e. The molecule has 0 spiro atoms. The van der Waals surface area contributed by atoms with Crippen molar-refractivity contribution in [2.24, 2.45) is 0 Å². The highest BCUT2D eigenvalue weighted by atomic mass is 35.5. The van der Waals surface area contributed by atoms with E-state index >= 15 is 0 Å². The highest BCUT2D eigenvalue weighted by molar-refractivity contribution is 6.30. The van der Waals surface area contributed by atoms with Crippen LogP contribution in [0.4, 0.5) is 0 Å². The molecule has 5 rings (SSSR count). The second-order valence-corrected chi connectivity index (χ2v) is 10.1. The molecule has 0 saturated carbocycles. The number of aromatic nitrogens is 1. The third-order valence-corrected chi connectivity index (χ3v) is 7.13. The van der Waals surface area contributed by atoms with Gasteiger partial charge in [0.05, 0.1) is 18.7 Å². The summed E-state index contributed by atoms with van der Waals surface area (Å²) in [5.41, 5.74) is 4.12. The highest BCUT2D eigenvalue weighted by Gasteiger charge is 2.18. The average Bonchev–Trinajstić information content (AvgIpc) is 2.98. The van der Waals surface area contributed by atoms with Crippen LogP contribution in [0.2, 0.25) is 5.02 Å². The van der Waals surface area contributed by atoms with E-state index in [4.69, 9.17) is 21.4 Å². The first-order chi connectivity index (χ1) is 19.5. The lowest BCUT2D eigenvalue weighted by atomic mass is 10.1. The van der Waals surface area contributed by atoms with E-state index in [0.29, 0.717) is 42.1 Å². The lowest BCUT2D eigenvalue weighted by molar-refractivity contribution is 0.0342. The lowest BCUT2D eigenvalue weighted by Crippen LogP contribution is -2.35. The topological polar surface area (TPSA) is 83.8 Å². The summed E-state index contributed by atoms with van der Waals surface area (Å²) in [6, 6.07) is 20.9. The summed E-state index contributed by atoms with van der Waals surface area (Å²) < 4.78 is 7.35. The Bertz CT molecular complexity index is 1630. The minimum atomic E-state index is -0.445. The number of morpholine rings is 1. The van der Waals surface area contributed by atoms with Crippen molar-refractivity contribution in [2.75, 3.05) is 32.9 Å². The molecule has 1 aliphatic heterocycles. The van der Waals surface area contributed by atoms with Crippen molar-refractivity contribution >= 4 is 28.4 Å². The molecule has 1 aliphatic rings. The molecule has 0 aliphatic carbocycles. The lowest BCUT2D eigenvalue weighted by Gasteiger charge is -2.26. The highest BCUT2D eigenvalue weighted by Crippen LogP contribution is 2.22. The standard InChI is InChI=1S/C32H30ClN3O4/c33-26-10-7-24(8-11-26)20-34-32(39)29-22-36(27-6-3-5-23(18-27)4-1-2-15-37)30-12-9-25(19-28(30)31(29)38)21-35-13-16-40-17-14-35/h3,5-12,18-19,22,37H,4,13-17,20-21H2,(H,34,39). The molecule has 204 valence electrons. The van der Waals surface area contributed by atoms with Gasteiger partial charge < -0.3 is 19.7 Å². The van der Waals surface area contributed by atoms with E-state index in [1.165, 1.54) is 0 Å². The maximum Gasteiger partial charge on any atom is 0.257 e. The van der Waals surface area contributed by atoms with E-state index in [1.54, 1.807) is 18.3 Å². The Morgan fingerprint density at radius 2 is 1.75 bits per heavy atom. The monoisotopic (exact) mass is 555 g/mol. The van der Waals surface area contributed by atoms with Gasteiger partial charge in [0, 0.05) is 54.9 Å². The molecule has 1 aromatic heterocycles. The third kappa shape index (κ3) is 6.61. The van der Waals surface area contributed by atoms with Crippen LogP contribution in [-0.2, 0) is 24.2 Å². The molecule has 1 fully saturated rings. The Labute approximate surface area is 238 Å². The van der Waals surface area contributed by atoms with Crippen molar-refractivity contribution in [1.82, 2.24) is 14.8 Å². The van der Waals surface area contributed by atoms with Gasteiger partial charge in [-0.15, -0.1) is 0 Å². The number of nitrogens with zero attached hydrogens (tertiary/aromatic N) is 2. The van der Waals surface area contributed by atoms with Gasteiger partial charge in [-0.05, 0) is 53.1 Å². The van der Waals surface area contributed by atoms with Gasteiger partial charge in [-0.3, -0.25) is 14.5 Å². The molecule has 3 aromatic carbocycles. The second kappa shape index (κ2) is 12.9. The quantitative estimate of drug-likeness (QED) is 0.338. The summed E-state index contributed by atoms with van der Waals surface area (Å²) in [7, 11) is 0. The Hall–Kier alpha value is -3.93.